The largest absolute Gasteiger partial charge is 0.481 e. The molecule has 1 fully saturated rings. The highest BCUT2D eigenvalue weighted by Gasteiger charge is 2.38. The molecule has 2 aromatic rings. The van der Waals surface area contributed by atoms with Crippen LogP contribution >= 0.6 is 0 Å². The first-order chi connectivity index (χ1) is 14.8. The number of carboxylic acids is 1. The molecule has 1 heterocycles. The highest BCUT2D eigenvalue weighted by molar-refractivity contribution is 5.76. The third-order valence-electron chi connectivity index (χ3n) is 6.14. The molecule has 0 bridgehead atoms. The molecule has 170 valence electrons. The summed E-state index contributed by atoms with van der Waals surface area (Å²) in [5.41, 5.74) is 0.179. The van der Waals surface area contributed by atoms with Crippen LogP contribution in [0.5, 0.6) is 0 Å². The van der Waals surface area contributed by atoms with Crippen molar-refractivity contribution in [3.8, 4) is 0 Å². The minimum absolute atomic E-state index is 0.119. The summed E-state index contributed by atoms with van der Waals surface area (Å²) in [6, 6.07) is 7.05. The van der Waals surface area contributed by atoms with Crippen LogP contribution in [0.4, 0.5) is 13.2 Å². The minimum atomic E-state index is -4.63. The Morgan fingerprint density at radius 3 is 2.39 bits per heavy atom. The molecule has 0 aliphatic heterocycles. The quantitative estimate of drug-likeness (QED) is 0.568. The molecule has 31 heavy (non-hydrogen) atoms. The molecule has 0 spiro atoms. The smallest absolute Gasteiger partial charge is 0.435 e. The molecule has 1 atom stereocenters. The Balaban J connectivity index is 1.89. The second-order valence-electron chi connectivity index (χ2n) is 8.27. The van der Waals surface area contributed by atoms with Crippen molar-refractivity contribution >= 4 is 5.97 Å². The standard InChI is InChI=1S/C23H29F3N2O3/c1-2-3-8-19-27-21(23(24,25)26)18(14-29)28(19)13-15-9-11-17(12-10-15)20(22(30)31)16-6-4-5-7-16/h9-12,16,20,29H,2-8,13-14H2,1H3,(H,30,31). The van der Waals surface area contributed by atoms with Crippen LogP contribution in [0, 0.1) is 5.92 Å². The van der Waals surface area contributed by atoms with E-state index in [1.165, 1.54) is 4.57 Å². The van der Waals surface area contributed by atoms with E-state index in [1.54, 1.807) is 24.3 Å². The van der Waals surface area contributed by atoms with Gasteiger partial charge >= 0.3 is 12.1 Å². The predicted molar refractivity (Wildman–Crippen MR) is 110 cm³/mol. The van der Waals surface area contributed by atoms with Gasteiger partial charge < -0.3 is 14.8 Å². The van der Waals surface area contributed by atoms with Crippen molar-refractivity contribution in [1.29, 1.82) is 0 Å². The number of aliphatic hydroxyl groups excluding tert-OH is 1. The lowest BCUT2D eigenvalue weighted by atomic mass is 9.84. The number of hydrogen-bond acceptors (Lipinski definition) is 3. The Morgan fingerprint density at radius 1 is 1.23 bits per heavy atom. The summed E-state index contributed by atoms with van der Waals surface area (Å²) in [5, 5.41) is 19.4. The molecule has 8 heteroatoms. The van der Waals surface area contributed by atoms with E-state index in [0.717, 1.165) is 43.2 Å². The lowest BCUT2D eigenvalue weighted by molar-refractivity contribution is -0.142. The molecule has 3 rings (SSSR count). The van der Waals surface area contributed by atoms with Gasteiger partial charge in [0.05, 0.1) is 18.2 Å². The lowest BCUT2D eigenvalue weighted by Crippen LogP contribution is -2.19. The number of rotatable bonds is 9. The van der Waals surface area contributed by atoms with Crippen LogP contribution in [-0.2, 0) is 30.5 Å². The van der Waals surface area contributed by atoms with E-state index in [1.807, 2.05) is 6.92 Å². The molecule has 0 amide bonds. The molecular weight excluding hydrogens is 409 g/mol. The number of unbranched alkanes of at least 4 members (excludes halogenated alkanes) is 1. The fourth-order valence-electron chi connectivity index (χ4n) is 4.56. The number of alkyl halides is 3. The maximum Gasteiger partial charge on any atom is 0.435 e. The third-order valence-corrected chi connectivity index (χ3v) is 6.14. The van der Waals surface area contributed by atoms with Gasteiger partial charge in [-0.1, -0.05) is 50.5 Å². The number of halogens is 3. The van der Waals surface area contributed by atoms with Crippen molar-refractivity contribution in [3.05, 3.63) is 52.6 Å². The van der Waals surface area contributed by atoms with E-state index < -0.39 is 30.4 Å². The van der Waals surface area contributed by atoms with E-state index in [0.29, 0.717) is 18.7 Å². The molecule has 1 aromatic carbocycles. The normalized spacial score (nSPS) is 16.0. The van der Waals surface area contributed by atoms with E-state index >= 15 is 0 Å². The van der Waals surface area contributed by atoms with E-state index in [2.05, 4.69) is 4.98 Å². The Kier molecular flexibility index (Phi) is 7.41. The summed E-state index contributed by atoms with van der Waals surface area (Å²) < 4.78 is 41.7. The van der Waals surface area contributed by atoms with E-state index in [9.17, 15) is 28.2 Å². The Bertz CT molecular complexity index is 885. The number of aliphatic carboxylic acids is 1. The van der Waals surface area contributed by atoms with Crippen LogP contribution in [0.1, 0.15) is 79.7 Å². The molecule has 0 saturated heterocycles. The highest BCUT2D eigenvalue weighted by Crippen LogP contribution is 2.38. The van der Waals surface area contributed by atoms with Crippen molar-refractivity contribution in [1.82, 2.24) is 9.55 Å². The Morgan fingerprint density at radius 2 is 1.87 bits per heavy atom. The number of benzene rings is 1. The predicted octanol–water partition coefficient (Wildman–Crippen LogP) is 5.14. The highest BCUT2D eigenvalue weighted by atomic mass is 19.4. The number of aromatic nitrogens is 2. The zero-order valence-electron chi connectivity index (χ0n) is 17.7. The summed E-state index contributed by atoms with van der Waals surface area (Å²) in [6.45, 7) is 1.33. The zero-order valence-corrected chi connectivity index (χ0v) is 17.7. The Hall–Kier alpha value is -2.35. The van der Waals surface area contributed by atoms with E-state index in [-0.39, 0.29) is 18.2 Å². The number of hydrogen-bond donors (Lipinski definition) is 2. The number of carboxylic acid groups (broad SMARTS) is 1. The topological polar surface area (TPSA) is 75.4 Å². The van der Waals surface area contributed by atoms with Gasteiger partial charge in [-0.2, -0.15) is 13.2 Å². The van der Waals surface area contributed by atoms with Gasteiger partial charge in [0, 0.05) is 13.0 Å². The molecule has 2 N–H and O–H groups in total. The third kappa shape index (κ3) is 5.29. The molecule has 1 aliphatic rings. The first kappa shape index (κ1) is 23.3. The molecular formula is C23H29F3N2O3. The molecule has 0 radical (unpaired) electrons. The first-order valence-electron chi connectivity index (χ1n) is 10.8. The molecule has 1 saturated carbocycles. The monoisotopic (exact) mass is 438 g/mol. The van der Waals surface area contributed by atoms with Crippen molar-refractivity contribution in [2.24, 2.45) is 5.92 Å². The number of carbonyl (C=O) groups is 1. The van der Waals surface area contributed by atoms with Gasteiger partial charge in [0.2, 0.25) is 0 Å². The minimum Gasteiger partial charge on any atom is -0.481 e. The van der Waals surface area contributed by atoms with Crippen molar-refractivity contribution < 1.29 is 28.2 Å². The SMILES string of the molecule is CCCCc1nc(C(F)(F)F)c(CO)n1Cc1ccc(C(C(=O)O)C2CCCC2)cc1. The summed E-state index contributed by atoms with van der Waals surface area (Å²) >= 11 is 0. The van der Waals surface area contributed by atoms with Crippen LogP contribution < -0.4 is 0 Å². The van der Waals surface area contributed by atoms with Crippen LogP contribution in [0.3, 0.4) is 0 Å². The fourth-order valence-corrected chi connectivity index (χ4v) is 4.56. The second-order valence-corrected chi connectivity index (χ2v) is 8.27. The maximum atomic E-state index is 13.4. The average molecular weight is 438 g/mol. The number of nitrogens with zero attached hydrogens (tertiary/aromatic N) is 2. The number of imidazole rings is 1. The molecule has 1 aromatic heterocycles. The van der Waals surface area contributed by atoms with Gasteiger partial charge in [0.15, 0.2) is 5.69 Å². The average Bonchev–Trinajstić information content (AvgIpc) is 3.35. The maximum absolute atomic E-state index is 13.4. The summed E-state index contributed by atoms with van der Waals surface area (Å²) in [7, 11) is 0. The molecule has 5 nitrogen and oxygen atoms in total. The zero-order chi connectivity index (χ0) is 22.6. The van der Waals surface area contributed by atoms with Gasteiger partial charge in [0.1, 0.15) is 5.82 Å². The van der Waals surface area contributed by atoms with Gasteiger partial charge in [-0.3, -0.25) is 4.79 Å². The first-order valence-corrected chi connectivity index (χ1v) is 10.8. The van der Waals surface area contributed by atoms with Crippen LogP contribution in [0.15, 0.2) is 24.3 Å². The van der Waals surface area contributed by atoms with Crippen molar-refractivity contribution in [2.75, 3.05) is 0 Å². The van der Waals surface area contributed by atoms with E-state index in [4.69, 9.17) is 0 Å². The lowest BCUT2D eigenvalue weighted by Gasteiger charge is -2.20. The van der Waals surface area contributed by atoms with Gasteiger partial charge in [0.25, 0.3) is 0 Å². The van der Waals surface area contributed by atoms with Gasteiger partial charge in [-0.05, 0) is 36.3 Å². The molecule has 1 aliphatic carbocycles. The van der Waals surface area contributed by atoms with Crippen LogP contribution in [-0.4, -0.2) is 25.7 Å². The second kappa shape index (κ2) is 9.85. The van der Waals surface area contributed by atoms with Gasteiger partial charge in [-0.15, -0.1) is 0 Å². The number of aliphatic hydroxyl groups is 1. The Labute approximate surface area is 179 Å². The molecule has 1 unspecified atom stereocenters. The fraction of sp³-hybridized carbons (Fsp3) is 0.565. The van der Waals surface area contributed by atoms with Crippen molar-refractivity contribution in [3.63, 3.8) is 0 Å². The summed E-state index contributed by atoms with van der Waals surface area (Å²) in [6.07, 6.45) is 1.14. The van der Waals surface area contributed by atoms with Crippen LogP contribution in [0.2, 0.25) is 0 Å². The summed E-state index contributed by atoms with van der Waals surface area (Å²) in [4.78, 5) is 15.6. The number of aryl methyl sites for hydroxylation is 1. The van der Waals surface area contributed by atoms with Gasteiger partial charge in [-0.25, -0.2) is 4.98 Å². The van der Waals surface area contributed by atoms with Crippen LogP contribution in [0.25, 0.3) is 0 Å². The summed E-state index contributed by atoms with van der Waals surface area (Å²) in [5.74, 6) is -0.979. The van der Waals surface area contributed by atoms with Crippen molar-refractivity contribution in [2.45, 2.75) is 77.1 Å².